The van der Waals surface area contributed by atoms with Gasteiger partial charge in [0, 0.05) is 11.3 Å². The van der Waals surface area contributed by atoms with E-state index >= 15 is 0 Å². The van der Waals surface area contributed by atoms with Crippen LogP contribution in [0.15, 0.2) is 167 Å². The molecule has 7 nitrogen and oxygen atoms in total. The van der Waals surface area contributed by atoms with Crippen molar-refractivity contribution in [3.05, 3.63) is 179 Å². The van der Waals surface area contributed by atoms with E-state index in [1.165, 1.54) is 0 Å². The van der Waals surface area contributed by atoms with Crippen LogP contribution in [0, 0.1) is 5.92 Å². The quantitative estimate of drug-likeness (QED) is 0.109. The lowest BCUT2D eigenvalue weighted by atomic mass is 10.0. The second kappa shape index (κ2) is 18.0. The molecule has 5 aromatic rings. The van der Waals surface area contributed by atoms with E-state index in [1.807, 2.05) is 127 Å². The normalized spacial score (nSPS) is 24.1. The van der Waals surface area contributed by atoms with Crippen LogP contribution in [0.5, 0.6) is 0 Å². The second-order valence-corrected chi connectivity index (χ2v) is 15.5. The fourth-order valence-corrected chi connectivity index (χ4v) is 9.35. The topological polar surface area (TPSA) is 80.3 Å². The molecular formula is C43H42O7S2. The number of ether oxygens (including phenoxy) is 5. The highest BCUT2D eigenvalue weighted by atomic mass is 32.2. The molecule has 7 atom stereocenters. The summed E-state index contributed by atoms with van der Waals surface area (Å²) in [5.74, 6) is 0.120. The van der Waals surface area contributed by atoms with Gasteiger partial charge in [-0.05, 0) is 34.4 Å². The average Bonchev–Trinajstić information content (AvgIpc) is 3.39. The molecule has 1 aliphatic heterocycles. The van der Waals surface area contributed by atoms with E-state index in [4.69, 9.17) is 23.7 Å². The van der Waals surface area contributed by atoms with Gasteiger partial charge >= 0.3 is 0 Å². The van der Waals surface area contributed by atoms with E-state index in [2.05, 4.69) is 0 Å². The van der Waals surface area contributed by atoms with Gasteiger partial charge < -0.3 is 23.7 Å². The van der Waals surface area contributed by atoms with E-state index in [9.17, 15) is 8.42 Å². The Hall–Kier alpha value is -4.22. The summed E-state index contributed by atoms with van der Waals surface area (Å²) in [4.78, 5) is 1.07. The van der Waals surface area contributed by atoms with Crippen molar-refractivity contribution in [1.29, 1.82) is 0 Å². The number of hydrogen-bond acceptors (Lipinski definition) is 7. The minimum atomic E-state index is -1.56. The first kappa shape index (κ1) is 36.2. The summed E-state index contributed by atoms with van der Waals surface area (Å²) in [5, 5.41) is 1.57. The highest BCUT2D eigenvalue weighted by Gasteiger charge is 2.55. The van der Waals surface area contributed by atoms with E-state index in [-0.39, 0.29) is 11.7 Å². The van der Waals surface area contributed by atoms with Gasteiger partial charge in [0.05, 0.1) is 76.3 Å². The van der Waals surface area contributed by atoms with Gasteiger partial charge in [-0.1, -0.05) is 133 Å². The zero-order chi connectivity index (χ0) is 35.5. The second-order valence-electron chi connectivity index (χ2n) is 12.8. The van der Waals surface area contributed by atoms with Gasteiger partial charge in [-0.15, -0.1) is 0 Å². The number of hydrogen-bond donors (Lipinski definition) is 0. The highest BCUT2D eigenvalue weighted by Crippen LogP contribution is 2.40. The molecule has 0 radical (unpaired) electrons. The van der Waals surface area contributed by atoms with Crippen molar-refractivity contribution in [2.24, 2.45) is 5.92 Å². The summed E-state index contributed by atoms with van der Waals surface area (Å²) < 4.78 is 61.0. The van der Waals surface area contributed by atoms with Crippen LogP contribution in [-0.4, -0.2) is 45.2 Å². The first-order valence-corrected chi connectivity index (χ1v) is 20.0. The summed E-state index contributed by atoms with van der Waals surface area (Å²) >= 11 is 0. The molecule has 0 N–H and O–H groups in total. The largest absolute Gasteiger partial charge is 0.488 e. The predicted molar refractivity (Wildman–Crippen MR) is 202 cm³/mol. The summed E-state index contributed by atoms with van der Waals surface area (Å²) in [6.45, 7) is 1.69. The summed E-state index contributed by atoms with van der Waals surface area (Å²) in [5.41, 5.74) is 4.09. The zero-order valence-electron chi connectivity index (χ0n) is 28.7. The molecule has 1 heterocycles. The maximum absolute atomic E-state index is 13.6. The van der Waals surface area contributed by atoms with Gasteiger partial charge in [0.15, 0.2) is 6.10 Å². The molecule has 1 saturated carbocycles. The Balaban J connectivity index is 1.24. The Morgan fingerprint density at radius 3 is 1.42 bits per heavy atom. The molecule has 52 heavy (non-hydrogen) atoms. The zero-order valence-corrected chi connectivity index (χ0v) is 30.4. The fourth-order valence-electron chi connectivity index (χ4n) is 6.65. The van der Waals surface area contributed by atoms with Crippen LogP contribution in [0.3, 0.4) is 0 Å². The van der Waals surface area contributed by atoms with Gasteiger partial charge in [0.2, 0.25) is 0 Å². The van der Waals surface area contributed by atoms with E-state index in [0.717, 1.165) is 22.3 Å². The molecule has 1 fully saturated rings. The Bertz CT molecular complexity index is 1940. The fraction of sp³-hybridized carbons (Fsp3) is 0.256. The summed E-state index contributed by atoms with van der Waals surface area (Å²) in [7, 11) is -3.03. The molecule has 0 saturated heterocycles. The lowest BCUT2D eigenvalue weighted by molar-refractivity contribution is -0.123. The minimum Gasteiger partial charge on any atom is -0.488 e. The maximum atomic E-state index is 13.6. The predicted octanol–water partition coefficient (Wildman–Crippen LogP) is 7.74. The van der Waals surface area contributed by atoms with E-state index in [1.54, 1.807) is 23.6 Å². The van der Waals surface area contributed by atoms with Crippen molar-refractivity contribution in [3.63, 3.8) is 0 Å². The van der Waals surface area contributed by atoms with Gasteiger partial charge in [-0.3, -0.25) is 4.21 Å². The van der Waals surface area contributed by atoms with E-state index in [0.29, 0.717) is 48.6 Å². The molecule has 0 amide bonds. The lowest BCUT2D eigenvalue weighted by Crippen LogP contribution is -2.39. The smallest absolute Gasteiger partial charge is 0.153 e. The van der Waals surface area contributed by atoms with Gasteiger partial charge in [0.1, 0.15) is 18.0 Å². The minimum absolute atomic E-state index is 0.0702. The first-order valence-electron chi connectivity index (χ1n) is 17.5. The molecule has 9 heteroatoms. The molecule has 0 aromatic heterocycles. The van der Waals surface area contributed by atoms with E-state index < -0.39 is 46.0 Å². The van der Waals surface area contributed by atoms with Crippen LogP contribution >= 0.6 is 0 Å². The van der Waals surface area contributed by atoms with Crippen molar-refractivity contribution in [1.82, 2.24) is 0 Å². The first-order chi connectivity index (χ1) is 25.6. The monoisotopic (exact) mass is 734 g/mol. The van der Waals surface area contributed by atoms with Gasteiger partial charge in [-0.2, -0.15) is 0 Å². The van der Waals surface area contributed by atoms with Crippen molar-refractivity contribution < 1.29 is 32.1 Å². The standard InChI is InChI=1S/C43H42O7S2/c44-51-30-36(31-52(45)39-24-14-13-23-38(39)51)50-43-41(48-27-34-19-9-3-10-20-34)37(29-46-25-32-15-5-1-6-16-32)40(47-26-33-17-7-2-8-18-33)42(43)49-28-35-21-11-4-12-22-35/h1-24,30,37,40-43H,25-29,31H2/t37-,40-,41+,42+,43-,51?,52?/m1/s1. The molecule has 2 unspecified atom stereocenters. The molecule has 0 spiro atoms. The molecule has 2 aliphatic rings. The molecular weight excluding hydrogens is 693 g/mol. The van der Waals surface area contributed by atoms with Crippen LogP contribution in [0.4, 0.5) is 0 Å². The van der Waals surface area contributed by atoms with Crippen LogP contribution in [-0.2, 0) is 71.7 Å². The Labute approximate surface area is 310 Å². The van der Waals surface area contributed by atoms with Crippen LogP contribution < -0.4 is 0 Å². The van der Waals surface area contributed by atoms with Gasteiger partial charge in [0.25, 0.3) is 0 Å². The SMILES string of the molecule is O=S1C=C(O[C@H]2[C@@H](OCc3ccccc3)[C@H](OCc3ccccc3)[C@@H](COCc3ccccc3)[C@@H]2OCc2ccccc2)CS(=O)c2ccccc21. The molecule has 268 valence electrons. The number of benzene rings is 5. The summed E-state index contributed by atoms with van der Waals surface area (Å²) in [6, 6.07) is 47.2. The van der Waals surface area contributed by atoms with Crippen LogP contribution in [0.1, 0.15) is 22.3 Å². The van der Waals surface area contributed by atoms with Crippen LogP contribution in [0.2, 0.25) is 0 Å². The Morgan fingerprint density at radius 2 is 0.904 bits per heavy atom. The Morgan fingerprint density at radius 1 is 0.481 bits per heavy atom. The molecule has 7 rings (SSSR count). The third-order valence-corrected chi connectivity index (χ3v) is 12.0. The van der Waals surface area contributed by atoms with Crippen molar-refractivity contribution in [2.75, 3.05) is 12.4 Å². The third kappa shape index (κ3) is 9.22. The van der Waals surface area contributed by atoms with Crippen molar-refractivity contribution in [3.8, 4) is 0 Å². The molecule has 1 aliphatic carbocycles. The summed E-state index contributed by atoms with van der Waals surface area (Å²) in [6.07, 6.45) is -2.40. The van der Waals surface area contributed by atoms with Crippen LogP contribution in [0.25, 0.3) is 0 Å². The molecule has 0 bridgehead atoms. The highest BCUT2D eigenvalue weighted by molar-refractivity contribution is 7.90. The number of rotatable bonds is 15. The van der Waals surface area contributed by atoms with Crippen molar-refractivity contribution in [2.45, 2.75) is 60.6 Å². The van der Waals surface area contributed by atoms with Crippen molar-refractivity contribution >= 4 is 21.6 Å². The van der Waals surface area contributed by atoms with Gasteiger partial charge in [-0.25, -0.2) is 4.21 Å². The lowest BCUT2D eigenvalue weighted by Gasteiger charge is -2.28. The number of fused-ring (bicyclic) bond motifs is 1. The Kier molecular flexibility index (Phi) is 12.5. The maximum Gasteiger partial charge on any atom is 0.153 e. The molecule has 5 aromatic carbocycles. The average molecular weight is 735 g/mol. The third-order valence-electron chi connectivity index (χ3n) is 9.20.